The first-order valence-electron chi connectivity index (χ1n) is 11.2. The van der Waals surface area contributed by atoms with E-state index < -0.39 is 5.72 Å². The monoisotopic (exact) mass is 426 g/mol. The van der Waals surface area contributed by atoms with Crippen molar-refractivity contribution in [1.82, 2.24) is 14.5 Å². The molecular weight excluding hydrogens is 400 g/mol. The number of aromatic hydroxyl groups is 1. The van der Waals surface area contributed by atoms with Gasteiger partial charge < -0.3 is 19.4 Å². The van der Waals surface area contributed by atoms with Gasteiger partial charge in [-0.05, 0) is 62.4 Å². The molecule has 0 saturated carbocycles. The number of aromatic nitrogens is 2. The van der Waals surface area contributed by atoms with E-state index in [1.807, 2.05) is 42.0 Å². The van der Waals surface area contributed by atoms with E-state index in [1.54, 1.807) is 12.4 Å². The number of nitrogens with zero attached hydrogens (tertiary/aromatic N) is 4. The van der Waals surface area contributed by atoms with E-state index in [9.17, 15) is 5.11 Å². The Balaban J connectivity index is 1.28. The van der Waals surface area contributed by atoms with Crippen LogP contribution in [0.1, 0.15) is 40.8 Å². The van der Waals surface area contributed by atoms with Gasteiger partial charge in [0.2, 0.25) is 5.72 Å². The Morgan fingerprint density at radius 3 is 2.88 bits per heavy atom. The van der Waals surface area contributed by atoms with E-state index in [2.05, 4.69) is 40.2 Å². The largest absolute Gasteiger partial charge is 0.506 e. The van der Waals surface area contributed by atoms with Gasteiger partial charge in [-0.25, -0.2) is 4.98 Å². The zero-order chi connectivity index (χ0) is 21.9. The highest BCUT2D eigenvalue weighted by Crippen LogP contribution is 2.53. The maximum atomic E-state index is 10.5. The lowest BCUT2D eigenvalue weighted by Gasteiger charge is -2.43. The molecule has 0 radical (unpaired) electrons. The molecular formula is C26H26N4O2. The third-order valence-corrected chi connectivity index (χ3v) is 6.97. The minimum Gasteiger partial charge on any atom is -0.506 e. The van der Waals surface area contributed by atoms with Gasteiger partial charge in [0.25, 0.3) is 0 Å². The number of rotatable bonds is 3. The maximum Gasteiger partial charge on any atom is 0.240 e. The Morgan fingerprint density at radius 1 is 1.16 bits per heavy atom. The van der Waals surface area contributed by atoms with Gasteiger partial charge in [0.1, 0.15) is 5.75 Å². The molecule has 6 heteroatoms. The van der Waals surface area contributed by atoms with Crippen molar-refractivity contribution in [3.8, 4) is 11.4 Å². The molecule has 32 heavy (non-hydrogen) atoms. The van der Waals surface area contributed by atoms with Crippen molar-refractivity contribution in [1.29, 1.82) is 0 Å². The van der Waals surface area contributed by atoms with Crippen molar-refractivity contribution < 1.29 is 9.94 Å². The van der Waals surface area contributed by atoms with Crippen LogP contribution in [0.3, 0.4) is 0 Å². The Bertz CT molecular complexity index is 1270. The van der Waals surface area contributed by atoms with Gasteiger partial charge in [0.15, 0.2) is 5.84 Å². The molecule has 0 bridgehead atoms. The van der Waals surface area contributed by atoms with Crippen LogP contribution in [0.4, 0.5) is 0 Å². The van der Waals surface area contributed by atoms with Crippen LogP contribution < -0.4 is 0 Å². The highest BCUT2D eigenvalue weighted by molar-refractivity contribution is 5.97. The number of amidine groups is 1. The number of hydrogen-bond donors (Lipinski definition) is 1. The average Bonchev–Trinajstić information content (AvgIpc) is 3.45. The molecule has 0 unspecified atom stereocenters. The Morgan fingerprint density at radius 2 is 2.06 bits per heavy atom. The molecule has 3 aliphatic rings. The topological polar surface area (TPSA) is 62.9 Å². The first-order chi connectivity index (χ1) is 15.5. The van der Waals surface area contributed by atoms with Crippen LogP contribution in [0, 0.1) is 19.8 Å². The molecule has 1 aliphatic carbocycles. The summed E-state index contributed by atoms with van der Waals surface area (Å²) in [5.74, 6) is 1.48. The van der Waals surface area contributed by atoms with E-state index in [-0.39, 0.29) is 5.75 Å². The third kappa shape index (κ3) is 2.79. The van der Waals surface area contributed by atoms with Gasteiger partial charge in [0.05, 0.1) is 17.7 Å². The van der Waals surface area contributed by atoms with Crippen molar-refractivity contribution in [3.63, 3.8) is 0 Å². The Labute approximate surface area is 187 Å². The first-order valence-corrected chi connectivity index (χ1v) is 11.2. The molecule has 6 rings (SSSR count). The number of phenols is 1. The second-order valence-electron chi connectivity index (χ2n) is 9.10. The first kappa shape index (κ1) is 19.2. The number of fused-ring (bicyclic) bond motifs is 1. The standard InChI is InChI=1S/C26H26N4O2/c1-17-5-8-22-20(12-17)14-21-4-3-11-30-25(28-32-26(21,22)30)10-7-19-6-9-23(24(31)13-19)29-15-18(2)27-16-29/h5-10,12-13,15-16,21,31H,3-4,11,14H2,1-2H3/b10-7+/t21-,26+/m0/s1. The number of oxime groups is 1. The van der Waals surface area contributed by atoms with Crippen molar-refractivity contribution in [2.24, 2.45) is 11.1 Å². The number of imidazole rings is 1. The van der Waals surface area contributed by atoms with Gasteiger partial charge in [-0.2, -0.15) is 0 Å². The van der Waals surface area contributed by atoms with Gasteiger partial charge >= 0.3 is 0 Å². The lowest BCUT2D eigenvalue weighted by molar-refractivity contribution is -0.155. The molecule has 3 heterocycles. The van der Waals surface area contributed by atoms with Gasteiger partial charge in [-0.1, -0.05) is 41.1 Å². The van der Waals surface area contributed by atoms with E-state index >= 15 is 0 Å². The van der Waals surface area contributed by atoms with Gasteiger partial charge in [0, 0.05) is 24.2 Å². The van der Waals surface area contributed by atoms with Gasteiger partial charge in [-0.3, -0.25) is 0 Å². The molecule has 1 N–H and O–H groups in total. The molecule has 1 fully saturated rings. The molecule has 3 aromatic rings. The smallest absolute Gasteiger partial charge is 0.240 e. The fourth-order valence-corrected chi connectivity index (χ4v) is 5.52. The summed E-state index contributed by atoms with van der Waals surface area (Å²) < 4.78 is 1.82. The number of benzene rings is 2. The lowest BCUT2D eigenvalue weighted by Crippen LogP contribution is -2.52. The normalized spacial score (nSPS) is 23.6. The van der Waals surface area contributed by atoms with Crippen LogP contribution in [-0.4, -0.2) is 31.9 Å². The second-order valence-corrected chi connectivity index (χ2v) is 9.10. The zero-order valence-electron chi connectivity index (χ0n) is 18.3. The molecule has 1 spiro atoms. The molecule has 6 nitrogen and oxygen atoms in total. The predicted molar refractivity (Wildman–Crippen MR) is 124 cm³/mol. The fourth-order valence-electron chi connectivity index (χ4n) is 5.52. The molecule has 2 aromatic carbocycles. The van der Waals surface area contributed by atoms with E-state index in [4.69, 9.17) is 4.84 Å². The number of aryl methyl sites for hydroxylation is 2. The maximum absolute atomic E-state index is 10.5. The lowest BCUT2D eigenvalue weighted by atomic mass is 9.86. The minimum atomic E-state index is -0.466. The van der Waals surface area contributed by atoms with E-state index in [0.717, 1.165) is 42.9 Å². The summed E-state index contributed by atoms with van der Waals surface area (Å²) >= 11 is 0. The summed E-state index contributed by atoms with van der Waals surface area (Å²) in [6, 6.07) is 12.3. The van der Waals surface area contributed by atoms with Crippen molar-refractivity contribution in [2.45, 2.75) is 38.8 Å². The zero-order valence-corrected chi connectivity index (χ0v) is 18.3. The van der Waals surface area contributed by atoms with E-state index in [0.29, 0.717) is 11.6 Å². The second kappa shape index (κ2) is 6.99. The molecule has 162 valence electrons. The minimum absolute atomic E-state index is 0.212. The number of hydrogen-bond acceptors (Lipinski definition) is 5. The van der Waals surface area contributed by atoms with E-state index in [1.165, 1.54) is 16.7 Å². The van der Waals surface area contributed by atoms with Crippen molar-refractivity contribution in [2.75, 3.05) is 6.54 Å². The summed E-state index contributed by atoms with van der Waals surface area (Å²) in [5.41, 5.74) is 5.99. The highest BCUT2D eigenvalue weighted by Gasteiger charge is 2.58. The van der Waals surface area contributed by atoms with Crippen molar-refractivity contribution >= 4 is 11.9 Å². The fraction of sp³-hybridized carbons (Fsp3) is 0.308. The summed E-state index contributed by atoms with van der Waals surface area (Å²) in [7, 11) is 0. The van der Waals surface area contributed by atoms with Crippen LogP contribution in [-0.2, 0) is 17.0 Å². The molecule has 1 aromatic heterocycles. The Kier molecular flexibility index (Phi) is 4.18. The highest BCUT2D eigenvalue weighted by atomic mass is 16.7. The molecule has 1 saturated heterocycles. The number of phenolic OH excluding ortho intramolecular Hbond substituents is 1. The third-order valence-electron chi connectivity index (χ3n) is 6.97. The van der Waals surface area contributed by atoms with Crippen LogP contribution >= 0.6 is 0 Å². The summed E-state index contributed by atoms with van der Waals surface area (Å²) in [6.07, 6.45) is 10.9. The van der Waals surface area contributed by atoms with Crippen LogP contribution in [0.2, 0.25) is 0 Å². The van der Waals surface area contributed by atoms with Crippen LogP contribution in [0.25, 0.3) is 11.8 Å². The van der Waals surface area contributed by atoms with Crippen LogP contribution in [0.15, 0.2) is 60.2 Å². The molecule has 0 amide bonds. The summed E-state index contributed by atoms with van der Waals surface area (Å²) in [4.78, 5) is 12.8. The van der Waals surface area contributed by atoms with Crippen LogP contribution in [0.5, 0.6) is 5.75 Å². The molecule has 2 aliphatic heterocycles. The summed E-state index contributed by atoms with van der Waals surface area (Å²) in [6.45, 7) is 5.00. The Hall–Kier alpha value is -3.54. The number of piperidine rings is 1. The quantitative estimate of drug-likeness (QED) is 0.661. The van der Waals surface area contributed by atoms with Crippen molar-refractivity contribution in [3.05, 3.63) is 82.9 Å². The summed E-state index contributed by atoms with van der Waals surface area (Å²) in [5, 5.41) is 15.1. The average molecular weight is 427 g/mol. The predicted octanol–water partition coefficient (Wildman–Crippen LogP) is 4.67. The SMILES string of the molecule is Cc1ccc2c(c1)C[C@@H]1CCCN3C(/C=C/c4ccc(-n5cnc(C)c5)c(O)c4)=NO[C@@]213. The molecule has 2 atom stereocenters. The van der Waals surface area contributed by atoms with Gasteiger partial charge in [-0.15, -0.1) is 0 Å².